The quantitative estimate of drug-likeness (QED) is 0.905. The number of rotatable bonds is 3. The van der Waals surface area contributed by atoms with E-state index in [9.17, 15) is 8.42 Å². The van der Waals surface area contributed by atoms with Crippen LogP contribution in [0.3, 0.4) is 0 Å². The Labute approximate surface area is 131 Å². The van der Waals surface area contributed by atoms with Crippen molar-refractivity contribution in [1.29, 1.82) is 0 Å². The molecule has 2 aromatic rings. The number of sulfonamides is 1. The number of piperidine rings is 1. The van der Waals surface area contributed by atoms with Gasteiger partial charge in [0.2, 0.25) is 10.0 Å². The molecule has 0 spiro atoms. The summed E-state index contributed by atoms with van der Waals surface area (Å²) in [6, 6.07) is 7.05. The van der Waals surface area contributed by atoms with Gasteiger partial charge in [-0.05, 0) is 56.1 Å². The van der Waals surface area contributed by atoms with Gasteiger partial charge in [-0.2, -0.15) is 0 Å². The topological polar surface area (TPSA) is 71.1 Å². The average Bonchev–Trinajstić information content (AvgIpc) is 2.50. The van der Waals surface area contributed by atoms with Crippen LogP contribution in [0.25, 0.3) is 10.9 Å². The van der Waals surface area contributed by atoms with Crippen LogP contribution in [-0.2, 0) is 10.0 Å². The van der Waals surface area contributed by atoms with E-state index in [0.29, 0.717) is 10.3 Å². The molecule has 118 valence electrons. The molecule has 2 unspecified atom stereocenters. The Balaban J connectivity index is 2.01. The summed E-state index contributed by atoms with van der Waals surface area (Å²) in [6.07, 6.45) is 2.50. The maximum atomic E-state index is 12.8. The van der Waals surface area contributed by atoms with Crippen LogP contribution in [0.2, 0.25) is 0 Å². The van der Waals surface area contributed by atoms with Crippen molar-refractivity contribution in [2.45, 2.75) is 31.2 Å². The minimum absolute atomic E-state index is 0.0284. The minimum Gasteiger partial charge on any atom is -0.316 e. The third-order valence-electron chi connectivity index (χ3n) is 4.31. The van der Waals surface area contributed by atoms with Gasteiger partial charge in [-0.25, -0.2) is 13.1 Å². The van der Waals surface area contributed by atoms with Gasteiger partial charge < -0.3 is 5.32 Å². The second kappa shape index (κ2) is 5.95. The van der Waals surface area contributed by atoms with E-state index in [-0.39, 0.29) is 12.0 Å². The fourth-order valence-electron chi connectivity index (χ4n) is 2.97. The number of nitrogens with one attached hydrogen (secondary N) is 2. The standard InChI is InChI=1S/C16H21N3O2S/c1-11-5-6-15(13-4-3-8-18-16(11)13)22(20,21)19-14-7-9-17-10-12(14)2/h3-6,8,12,14,17,19H,7,9-10H2,1-2H3. The predicted octanol–water partition coefficient (Wildman–Crippen LogP) is 1.82. The number of hydrogen-bond acceptors (Lipinski definition) is 4. The maximum Gasteiger partial charge on any atom is 0.241 e. The predicted molar refractivity (Wildman–Crippen MR) is 87.2 cm³/mol. The van der Waals surface area contributed by atoms with Gasteiger partial charge in [-0.15, -0.1) is 0 Å². The van der Waals surface area contributed by atoms with E-state index in [0.717, 1.165) is 30.6 Å². The van der Waals surface area contributed by atoms with Gasteiger partial charge in [0.05, 0.1) is 10.4 Å². The van der Waals surface area contributed by atoms with Gasteiger partial charge in [-0.1, -0.05) is 13.0 Å². The largest absolute Gasteiger partial charge is 0.316 e. The molecular formula is C16H21N3O2S. The monoisotopic (exact) mass is 319 g/mol. The molecule has 1 aliphatic heterocycles. The van der Waals surface area contributed by atoms with E-state index in [4.69, 9.17) is 0 Å². The second-order valence-electron chi connectivity index (χ2n) is 5.98. The van der Waals surface area contributed by atoms with Crippen LogP contribution in [0, 0.1) is 12.8 Å². The number of hydrogen-bond donors (Lipinski definition) is 2. The summed E-state index contributed by atoms with van der Waals surface area (Å²) >= 11 is 0. The molecule has 0 bridgehead atoms. The first-order valence-corrected chi connectivity index (χ1v) is 9.05. The van der Waals surface area contributed by atoms with Crippen LogP contribution in [0.4, 0.5) is 0 Å². The molecule has 0 saturated carbocycles. The second-order valence-corrected chi connectivity index (χ2v) is 7.66. The molecule has 1 aliphatic rings. The van der Waals surface area contributed by atoms with Crippen molar-refractivity contribution in [3.05, 3.63) is 36.0 Å². The summed E-state index contributed by atoms with van der Waals surface area (Å²) in [5.41, 5.74) is 1.72. The Hall–Kier alpha value is -1.50. The lowest BCUT2D eigenvalue weighted by molar-refractivity contribution is 0.328. The number of benzene rings is 1. The van der Waals surface area contributed by atoms with Gasteiger partial charge in [0.15, 0.2) is 0 Å². The zero-order chi connectivity index (χ0) is 15.7. The fourth-order valence-corrected chi connectivity index (χ4v) is 4.55. The van der Waals surface area contributed by atoms with Gasteiger partial charge in [0, 0.05) is 17.6 Å². The Morgan fingerprint density at radius 1 is 1.32 bits per heavy atom. The highest BCUT2D eigenvalue weighted by atomic mass is 32.2. The van der Waals surface area contributed by atoms with Crippen LogP contribution in [-0.4, -0.2) is 32.5 Å². The lowest BCUT2D eigenvalue weighted by Crippen LogP contribution is -2.48. The molecule has 3 rings (SSSR count). The van der Waals surface area contributed by atoms with Crippen molar-refractivity contribution in [3.8, 4) is 0 Å². The molecular weight excluding hydrogens is 298 g/mol. The van der Waals surface area contributed by atoms with Crippen molar-refractivity contribution >= 4 is 20.9 Å². The highest BCUT2D eigenvalue weighted by molar-refractivity contribution is 7.89. The first-order valence-electron chi connectivity index (χ1n) is 7.56. The molecule has 0 amide bonds. The molecule has 5 nitrogen and oxygen atoms in total. The van der Waals surface area contributed by atoms with Gasteiger partial charge >= 0.3 is 0 Å². The van der Waals surface area contributed by atoms with Crippen molar-refractivity contribution in [2.75, 3.05) is 13.1 Å². The molecule has 2 N–H and O–H groups in total. The highest BCUT2D eigenvalue weighted by Gasteiger charge is 2.27. The summed E-state index contributed by atoms with van der Waals surface area (Å²) in [5.74, 6) is 0.276. The molecule has 1 aromatic carbocycles. The van der Waals surface area contributed by atoms with Crippen LogP contribution < -0.4 is 10.0 Å². The van der Waals surface area contributed by atoms with Crippen molar-refractivity contribution in [1.82, 2.24) is 15.0 Å². The van der Waals surface area contributed by atoms with Crippen LogP contribution in [0.15, 0.2) is 35.4 Å². The Bertz CT molecular complexity index is 789. The lowest BCUT2D eigenvalue weighted by atomic mass is 9.97. The maximum absolute atomic E-state index is 12.8. The minimum atomic E-state index is -3.55. The number of aromatic nitrogens is 1. The van der Waals surface area contributed by atoms with Gasteiger partial charge in [0.1, 0.15) is 0 Å². The third kappa shape index (κ3) is 2.86. The summed E-state index contributed by atoms with van der Waals surface area (Å²) in [4.78, 5) is 4.63. The number of aryl methyl sites for hydroxylation is 1. The van der Waals surface area contributed by atoms with E-state index in [1.165, 1.54) is 0 Å². The van der Waals surface area contributed by atoms with Gasteiger partial charge in [0.25, 0.3) is 0 Å². The third-order valence-corrected chi connectivity index (χ3v) is 5.86. The SMILES string of the molecule is Cc1ccc(S(=O)(=O)NC2CCNCC2C)c2cccnc12. The molecule has 1 saturated heterocycles. The molecule has 0 radical (unpaired) electrons. The fraction of sp³-hybridized carbons (Fsp3) is 0.438. The molecule has 6 heteroatoms. The van der Waals surface area contributed by atoms with E-state index in [1.54, 1.807) is 18.3 Å². The van der Waals surface area contributed by atoms with Crippen LogP contribution in [0.5, 0.6) is 0 Å². The summed E-state index contributed by atoms with van der Waals surface area (Å²) in [6.45, 7) is 5.68. The lowest BCUT2D eigenvalue weighted by Gasteiger charge is -2.30. The molecule has 0 aliphatic carbocycles. The molecule has 2 atom stereocenters. The molecule has 2 heterocycles. The van der Waals surface area contributed by atoms with Crippen molar-refractivity contribution in [3.63, 3.8) is 0 Å². The summed E-state index contributed by atoms with van der Waals surface area (Å²) < 4.78 is 28.5. The van der Waals surface area contributed by atoms with Gasteiger partial charge in [-0.3, -0.25) is 4.98 Å². The average molecular weight is 319 g/mol. The summed E-state index contributed by atoms with van der Waals surface area (Å²) in [7, 11) is -3.55. The van der Waals surface area contributed by atoms with Crippen LogP contribution >= 0.6 is 0 Å². The zero-order valence-corrected chi connectivity index (χ0v) is 13.7. The van der Waals surface area contributed by atoms with E-state index in [1.807, 2.05) is 19.1 Å². The normalized spacial score (nSPS) is 22.8. The molecule has 22 heavy (non-hydrogen) atoms. The van der Waals surface area contributed by atoms with Crippen LogP contribution in [0.1, 0.15) is 18.9 Å². The smallest absolute Gasteiger partial charge is 0.241 e. The first kappa shape index (κ1) is 15.4. The number of nitrogens with zero attached hydrogens (tertiary/aromatic N) is 1. The van der Waals surface area contributed by atoms with E-state index in [2.05, 4.69) is 21.9 Å². The Morgan fingerprint density at radius 3 is 2.91 bits per heavy atom. The highest BCUT2D eigenvalue weighted by Crippen LogP contribution is 2.25. The summed E-state index contributed by atoms with van der Waals surface area (Å²) in [5, 5.41) is 3.96. The van der Waals surface area contributed by atoms with E-state index < -0.39 is 10.0 Å². The van der Waals surface area contributed by atoms with E-state index >= 15 is 0 Å². The molecule has 1 fully saturated rings. The first-order chi connectivity index (χ1) is 10.5. The zero-order valence-electron chi connectivity index (χ0n) is 12.8. The number of fused-ring (bicyclic) bond motifs is 1. The molecule has 1 aromatic heterocycles. The van der Waals surface area contributed by atoms with Crippen molar-refractivity contribution < 1.29 is 8.42 Å². The Morgan fingerprint density at radius 2 is 2.14 bits per heavy atom. The van der Waals surface area contributed by atoms with Crippen molar-refractivity contribution in [2.24, 2.45) is 5.92 Å². The Kier molecular flexibility index (Phi) is 4.16. The number of pyridine rings is 1.